The smallest absolute Gasteiger partial charge is 0.238 e. The van der Waals surface area contributed by atoms with Crippen molar-refractivity contribution in [1.82, 2.24) is 15.5 Å². The molecular formula is C13H25N3O. The highest BCUT2D eigenvalue weighted by atomic mass is 16.2. The predicted octanol–water partition coefficient (Wildman–Crippen LogP) is 0.585. The summed E-state index contributed by atoms with van der Waals surface area (Å²) < 4.78 is 0. The third-order valence-corrected chi connectivity index (χ3v) is 4.25. The van der Waals surface area contributed by atoms with Gasteiger partial charge in [0.2, 0.25) is 5.91 Å². The van der Waals surface area contributed by atoms with Crippen molar-refractivity contribution in [1.29, 1.82) is 0 Å². The van der Waals surface area contributed by atoms with Crippen molar-refractivity contribution in [2.75, 3.05) is 26.7 Å². The molecule has 0 radical (unpaired) electrons. The Morgan fingerprint density at radius 2 is 2.24 bits per heavy atom. The van der Waals surface area contributed by atoms with Crippen molar-refractivity contribution in [2.24, 2.45) is 5.41 Å². The Kier molecular flexibility index (Phi) is 3.73. The van der Waals surface area contributed by atoms with E-state index in [4.69, 9.17) is 0 Å². The Balaban J connectivity index is 2.04. The number of nitrogens with one attached hydrogen (secondary N) is 2. The summed E-state index contributed by atoms with van der Waals surface area (Å²) in [7, 11) is 1.73. The first-order valence-corrected chi connectivity index (χ1v) is 6.71. The second kappa shape index (κ2) is 4.94. The van der Waals surface area contributed by atoms with Crippen LogP contribution in [0.3, 0.4) is 0 Å². The number of nitrogens with zero attached hydrogens (tertiary/aromatic N) is 1. The van der Waals surface area contributed by atoms with Gasteiger partial charge in [-0.15, -0.1) is 0 Å². The number of amides is 1. The van der Waals surface area contributed by atoms with Crippen LogP contribution in [0.1, 0.15) is 33.1 Å². The first-order chi connectivity index (χ1) is 8.03. The Bertz CT molecular complexity index is 290. The van der Waals surface area contributed by atoms with Crippen LogP contribution in [0.4, 0.5) is 0 Å². The molecule has 0 aromatic rings. The lowest BCUT2D eigenvalue weighted by molar-refractivity contribution is -0.127. The van der Waals surface area contributed by atoms with E-state index in [1.807, 2.05) is 0 Å². The summed E-state index contributed by atoms with van der Waals surface area (Å²) >= 11 is 0. The van der Waals surface area contributed by atoms with E-state index in [0.29, 0.717) is 11.5 Å². The van der Waals surface area contributed by atoms with E-state index in [-0.39, 0.29) is 11.9 Å². The Morgan fingerprint density at radius 1 is 1.47 bits per heavy atom. The molecule has 4 nitrogen and oxygen atoms in total. The van der Waals surface area contributed by atoms with Crippen LogP contribution in [0.25, 0.3) is 0 Å². The van der Waals surface area contributed by atoms with E-state index in [2.05, 4.69) is 29.4 Å². The lowest BCUT2D eigenvalue weighted by atomic mass is 9.91. The molecule has 1 amide bonds. The van der Waals surface area contributed by atoms with Crippen LogP contribution in [-0.4, -0.2) is 49.6 Å². The van der Waals surface area contributed by atoms with Gasteiger partial charge in [-0.3, -0.25) is 9.69 Å². The summed E-state index contributed by atoms with van der Waals surface area (Å²) in [6, 6.07) is 0.613. The summed E-state index contributed by atoms with van der Waals surface area (Å²) in [5.74, 6) is 0.155. The minimum atomic E-state index is 0.0210. The number of piperazine rings is 1. The molecule has 2 aliphatic rings. The lowest BCUT2D eigenvalue weighted by Gasteiger charge is -2.39. The number of carbonyl (C=O) groups excluding carboxylic acids is 1. The van der Waals surface area contributed by atoms with Gasteiger partial charge in [-0.1, -0.05) is 13.8 Å². The molecule has 2 unspecified atom stereocenters. The van der Waals surface area contributed by atoms with Gasteiger partial charge in [0.05, 0.1) is 0 Å². The fourth-order valence-corrected chi connectivity index (χ4v) is 3.25. The molecule has 2 rings (SSSR count). The zero-order valence-electron chi connectivity index (χ0n) is 11.3. The molecular weight excluding hydrogens is 214 g/mol. The molecule has 1 saturated heterocycles. The number of carbonyl (C=O) groups is 1. The molecule has 0 bridgehead atoms. The van der Waals surface area contributed by atoms with E-state index in [1.165, 1.54) is 19.3 Å². The van der Waals surface area contributed by atoms with Crippen LogP contribution in [0.15, 0.2) is 0 Å². The monoisotopic (exact) mass is 239 g/mol. The van der Waals surface area contributed by atoms with Crippen LogP contribution in [0, 0.1) is 5.41 Å². The van der Waals surface area contributed by atoms with E-state index in [0.717, 1.165) is 19.6 Å². The first-order valence-electron chi connectivity index (χ1n) is 6.71. The van der Waals surface area contributed by atoms with Gasteiger partial charge in [-0.05, 0) is 24.7 Å². The van der Waals surface area contributed by atoms with Crippen molar-refractivity contribution in [3.8, 4) is 0 Å². The van der Waals surface area contributed by atoms with Crippen LogP contribution < -0.4 is 10.6 Å². The molecule has 1 saturated carbocycles. The summed E-state index contributed by atoms with van der Waals surface area (Å²) in [6.07, 6.45) is 3.74. The second-order valence-corrected chi connectivity index (χ2v) is 6.13. The van der Waals surface area contributed by atoms with Gasteiger partial charge in [0.15, 0.2) is 0 Å². The SMILES string of the molecule is CNC(=O)C1CNCCN1C1CCC(C)(C)C1. The molecule has 2 N–H and O–H groups in total. The normalized spacial score (nSPS) is 33.6. The minimum Gasteiger partial charge on any atom is -0.358 e. The molecule has 1 heterocycles. The fourth-order valence-electron chi connectivity index (χ4n) is 3.25. The van der Waals surface area contributed by atoms with Gasteiger partial charge >= 0.3 is 0 Å². The van der Waals surface area contributed by atoms with Crippen LogP contribution >= 0.6 is 0 Å². The van der Waals surface area contributed by atoms with Crippen LogP contribution in [0.5, 0.6) is 0 Å². The fraction of sp³-hybridized carbons (Fsp3) is 0.923. The largest absolute Gasteiger partial charge is 0.358 e. The Hall–Kier alpha value is -0.610. The van der Waals surface area contributed by atoms with Gasteiger partial charge in [0.1, 0.15) is 6.04 Å². The molecule has 98 valence electrons. The van der Waals surface area contributed by atoms with Gasteiger partial charge in [-0.2, -0.15) is 0 Å². The highest BCUT2D eigenvalue weighted by Crippen LogP contribution is 2.40. The number of rotatable bonds is 2. The summed E-state index contributed by atoms with van der Waals surface area (Å²) in [5, 5.41) is 6.11. The molecule has 2 fully saturated rings. The van der Waals surface area contributed by atoms with Gasteiger partial charge in [0, 0.05) is 32.7 Å². The molecule has 0 spiro atoms. The molecule has 4 heteroatoms. The van der Waals surface area contributed by atoms with Crippen LogP contribution in [-0.2, 0) is 4.79 Å². The zero-order valence-corrected chi connectivity index (χ0v) is 11.3. The molecule has 0 aromatic heterocycles. The highest BCUT2D eigenvalue weighted by Gasteiger charge is 2.39. The maximum Gasteiger partial charge on any atom is 0.238 e. The molecule has 17 heavy (non-hydrogen) atoms. The zero-order chi connectivity index (χ0) is 12.5. The van der Waals surface area contributed by atoms with Crippen molar-refractivity contribution < 1.29 is 4.79 Å². The van der Waals surface area contributed by atoms with E-state index in [1.54, 1.807) is 7.05 Å². The van der Waals surface area contributed by atoms with Crippen molar-refractivity contribution in [3.05, 3.63) is 0 Å². The van der Waals surface area contributed by atoms with Gasteiger partial charge in [0.25, 0.3) is 0 Å². The molecule has 1 aliphatic carbocycles. The Morgan fingerprint density at radius 3 is 2.82 bits per heavy atom. The van der Waals surface area contributed by atoms with Crippen LogP contribution in [0.2, 0.25) is 0 Å². The minimum absolute atomic E-state index is 0.0210. The maximum atomic E-state index is 11.9. The number of hydrogen-bond donors (Lipinski definition) is 2. The lowest BCUT2D eigenvalue weighted by Crippen LogP contribution is -2.60. The second-order valence-electron chi connectivity index (χ2n) is 6.13. The van der Waals surface area contributed by atoms with E-state index in [9.17, 15) is 4.79 Å². The van der Waals surface area contributed by atoms with E-state index >= 15 is 0 Å². The topological polar surface area (TPSA) is 44.4 Å². The third-order valence-electron chi connectivity index (χ3n) is 4.25. The molecule has 0 aromatic carbocycles. The third kappa shape index (κ3) is 2.80. The predicted molar refractivity (Wildman–Crippen MR) is 68.9 cm³/mol. The van der Waals surface area contributed by atoms with Gasteiger partial charge in [-0.25, -0.2) is 0 Å². The number of likely N-dealkylation sites (N-methyl/N-ethyl adjacent to an activating group) is 1. The Labute approximate surface area is 104 Å². The van der Waals surface area contributed by atoms with Crippen molar-refractivity contribution in [3.63, 3.8) is 0 Å². The maximum absolute atomic E-state index is 11.9. The highest BCUT2D eigenvalue weighted by molar-refractivity contribution is 5.81. The average Bonchev–Trinajstić information content (AvgIpc) is 2.68. The molecule has 2 atom stereocenters. The standard InChI is InChI=1S/C13H25N3O/c1-13(2)5-4-10(8-13)16-7-6-15-9-11(16)12(17)14-3/h10-11,15H,4-9H2,1-3H3,(H,14,17). The van der Waals surface area contributed by atoms with Crippen molar-refractivity contribution >= 4 is 5.91 Å². The first kappa shape index (κ1) is 12.8. The quantitative estimate of drug-likeness (QED) is 0.741. The van der Waals surface area contributed by atoms with Gasteiger partial charge < -0.3 is 10.6 Å². The van der Waals surface area contributed by atoms with Crippen molar-refractivity contribution in [2.45, 2.75) is 45.2 Å². The average molecular weight is 239 g/mol. The summed E-state index contributed by atoms with van der Waals surface area (Å²) in [4.78, 5) is 14.3. The summed E-state index contributed by atoms with van der Waals surface area (Å²) in [5.41, 5.74) is 0.447. The summed E-state index contributed by atoms with van der Waals surface area (Å²) in [6.45, 7) is 7.47. The number of hydrogen-bond acceptors (Lipinski definition) is 3. The van der Waals surface area contributed by atoms with E-state index < -0.39 is 0 Å². The molecule has 1 aliphatic heterocycles.